The van der Waals surface area contributed by atoms with Crippen molar-refractivity contribution in [2.45, 2.75) is 50.9 Å². The summed E-state index contributed by atoms with van der Waals surface area (Å²) in [6.45, 7) is 5.99. The Kier molecular flexibility index (Phi) is 4.02. The molecule has 2 bridgehead atoms. The number of ether oxygens (including phenoxy) is 1. The van der Waals surface area contributed by atoms with Crippen LogP contribution in [0.3, 0.4) is 0 Å². The molecule has 24 heavy (non-hydrogen) atoms. The summed E-state index contributed by atoms with van der Waals surface area (Å²) < 4.78 is 5.73. The molecule has 1 aromatic heterocycles. The largest absolute Gasteiger partial charge is 0.378 e. The SMILES string of the molecule is CC(C)N1[C@@H]2COC[C@H]1CC(NC(=O)c1n[nH]c3ccccc13)C2. The van der Waals surface area contributed by atoms with E-state index in [1.54, 1.807) is 0 Å². The van der Waals surface area contributed by atoms with Gasteiger partial charge in [0.15, 0.2) is 5.69 Å². The fourth-order valence-electron chi connectivity index (χ4n) is 4.29. The first-order valence-corrected chi connectivity index (χ1v) is 8.72. The molecule has 6 heteroatoms. The predicted molar refractivity (Wildman–Crippen MR) is 92.0 cm³/mol. The van der Waals surface area contributed by atoms with E-state index in [2.05, 4.69) is 34.3 Å². The summed E-state index contributed by atoms with van der Waals surface area (Å²) in [5.74, 6) is -0.0885. The number of rotatable bonds is 3. The molecule has 4 rings (SSSR count). The van der Waals surface area contributed by atoms with Crippen molar-refractivity contribution in [2.75, 3.05) is 13.2 Å². The van der Waals surface area contributed by atoms with Gasteiger partial charge in [-0.3, -0.25) is 14.8 Å². The molecule has 2 aromatic rings. The zero-order valence-electron chi connectivity index (χ0n) is 14.2. The van der Waals surface area contributed by atoms with Gasteiger partial charge in [-0.15, -0.1) is 0 Å². The Labute approximate surface area is 141 Å². The van der Waals surface area contributed by atoms with E-state index in [1.165, 1.54) is 0 Å². The van der Waals surface area contributed by atoms with Crippen LogP contribution < -0.4 is 5.32 Å². The van der Waals surface area contributed by atoms with Gasteiger partial charge in [0.05, 0.1) is 18.7 Å². The summed E-state index contributed by atoms with van der Waals surface area (Å²) in [4.78, 5) is 15.2. The molecule has 0 aliphatic carbocycles. The van der Waals surface area contributed by atoms with Gasteiger partial charge in [-0.1, -0.05) is 18.2 Å². The van der Waals surface area contributed by atoms with Crippen molar-refractivity contribution in [1.82, 2.24) is 20.4 Å². The molecule has 0 radical (unpaired) electrons. The Balaban J connectivity index is 1.49. The Morgan fingerprint density at radius 1 is 1.29 bits per heavy atom. The minimum absolute atomic E-state index is 0.0885. The number of nitrogens with one attached hydrogen (secondary N) is 2. The summed E-state index contributed by atoms with van der Waals surface area (Å²) in [5.41, 5.74) is 1.38. The van der Waals surface area contributed by atoms with E-state index in [4.69, 9.17) is 4.74 Å². The van der Waals surface area contributed by atoms with Crippen LogP contribution in [0.25, 0.3) is 10.9 Å². The van der Waals surface area contributed by atoms with Crippen LogP contribution in [-0.4, -0.2) is 58.4 Å². The van der Waals surface area contributed by atoms with Crippen LogP contribution in [0.1, 0.15) is 37.2 Å². The number of aromatic amines is 1. The Hall–Kier alpha value is -1.92. The molecule has 1 unspecified atom stereocenters. The van der Waals surface area contributed by atoms with Gasteiger partial charge in [0.2, 0.25) is 0 Å². The van der Waals surface area contributed by atoms with Crippen LogP contribution in [-0.2, 0) is 4.74 Å². The number of para-hydroxylation sites is 1. The lowest BCUT2D eigenvalue weighted by Gasteiger charge is -2.50. The molecule has 128 valence electrons. The number of piperidine rings is 1. The summed E-state index contributed by atoms with van der Waals surface area (Å²) in [6.07, 6.45) is 1.87. The number of benzene rings is 1. The highest BCUT2D eigenvalue weighted by atomic mass is 16.5. The Morgan fingerprint density at radius 3 is 2.71 bits per heavy atom. The Morgan fingerprint density at radius 2 is 2.00 bits per heavy atom. The average molecular weight is 328 g/mol. The highest BCUT2D eigenvalue weighted by Gasteiger charge is 2.40. The molecular formula is C18H24N4O2. The molecule has 2 aliphatic rings. The number of hydrogen-bond donors (Lipinski definition) is 2. The summed E-state index contributed by atoms with van der Waals surface area (Å²) in [7, 11) is 0. The van der Waals surface area contributed by atoms with Crippen molar-refractivity contribution in [1.29, 1.82) is 0 Å². The van der Waals surface area contributed by atoms with Crippen molar-refractivity contribution in [2.24, 2.45) is 0 Å². The maximum Gasteiger partial charge on any atom is 0.272 e. The van der Waals surface area contributed by atoms with Gasteiger partial charge in [0.25, 0.3) is 5.91 Å². The number of amides is 1. The van der Waals surface area contributed by atoms with Gasteiger partial charge in [-0.25, -0.2) is 0 Å². The third-order valence-electron chi connectivity index (χ3n) is 5.19. The van der Waals surface area contributed by atoms with E-state index in [0.717, 1.165) is 37.0 Å². The molecule has 6 nitrogen and oxygen atoms in total. The molecule has 2 fully saturated rings. The first-order chi connectivity index (χ1) is 11.6. The van der Waals surface area contributed by atoms with Crippen molar-refractivity contribution in [3.05, 3.63) is 30.0 Å². The van der Waals surface area contributed by atoms with Gasteiger partial charge >= 0.3 is 0 Å². The van der Waals surface area contributed by atoms with Crippen LogP contribution in [0.4, 0.5) is 0 Å². The number of carbonyl (C=O) groups is 1. The number of morpholine rings is 1. The van der Waals surface area contributed by atoms with Crippen LogP contribution in [0, 0.1) is 0 Å². The number of hydrogen-bond acceptors (Lipinski definition) is 4. The highest BCUT2D eigenvalue weighted by Crippen LogP contribution is 2.30. The second kappa shape index (κ2) is 6.18. The lowest BCUT2D eigenvalue weighted by atomic mass is 9.88. The van der Waals surface area contributed by atoms with Gasteiger partial charge in [-0.05, 0) is 32.8 Å². The lowest BCUT2D eigenvalue weighted by Crippen LogP contribution is -2.62. The second-order valence-electron chi connectivity index (χ2n) is 7.15. The summed E-state index contributed by atoms with van der Waals surface area (Å²) in [6, 6.07) is 9.19. The van der Waals surface area contributed by atoms with Gasteiger partial charge in [0.1, 0.15) is 0 Å². The lowest BCUT2D eigenvalue weighted by molar-refractivity contribution is -0.0936. The van der Waals surface area contributed by atoms with Crippen LogP contribution in [0.5, 0.6) is 0 Å². The van der Waals surface area contributed by atoms with Gasteiger partial charge in [-0.2, -0.15) is 5.10 Å². The maximum atomic E-state index is 12.7. The van der Waals surface area contributed by atoms with E-state index in [-0.39, 0.29) is 11.9 Å². The molecule has 1 aromatic carbocycles. The predicted octanol–water partition coefficient (Wildman–Crippen LogP) is 1.93. The highest BCUT2D eigenvalue weighted by molar-refractivity contribution is 6.04. The molecule has 1 amide bonds. The van der Waals surface area contributed by atoms with Crippen LogP contribution >= 0.6 is 0 Å². The summed E-state index contributed by atoms with van der Waals surface area (Å²) >= 11 is 0. The van der Waals surface area contributed by atoms with Crippen LogP contribution in [0.15, 0.2) is 24.3 Å². The Bertz CT molecular complexity index is 727. The number of carbonyl (C=O) groups excluding carboxylic acids is 1. The fraction of sp³-hybridized carbons (Fsp3) is 0.556. The van der Waals surface area contributed by atoms with Crippen molar-refractivity contribution in [3.63, 3.8) is 0 Å². The molecule has 0 spiro atoms. The van der Waals surface area contributed by atoms with E-state index >= 15 is 0 Å². The zero-order chi connectivity index (χ0) is 16.7. The average Bonchev–Trinajstić information content (AvgIpc) is 2.98. The van der Waals surface area contributed by atoms with Crippen molar-refractivity contribution in [3.8, 4) is 0 Å². The second-order valence-corrected chi connectivity index (χ2v) is 7.15. The minimum Gasteiger partial charge on any atom is -0.378 e. The molecule has 0 saturated carbocycles. The van der Waals surface area contributed by atoms with Gasteiger partial charge in [0, 0.05) is 29.6 Å². The minimum atomic E-state index is -0.0885. The first kappa shape index (κ1) is 15.6. The maximum absolute atomic E-state index is 12.7. The topological polar surface area (TPSA) is 70.2 Å². The normalized spacial score (nSPS) is 27.5. The van der Waals surface area contributed by atoms with Crippen LogP contribution in [0.2, 0.25) is 0 Å². The van der Waals surface area contributed by atoms with E-state index in [0.29, 0.717) is 23.8 Å². The number of H-pyrrole nitrogens is 1. The van der Waals surface area contributed by atoms with E-state index < -0.39 is 0 Å². The zero-order valence-corrected chi connectivity index (χ0v) is 14.2. The molecule has 3 heterocycles. The van der Waals surface area contributed by atoms with Crippen molar-refractivity contribution >= 4 is 16.8 Å². The first-order valence-electron chi connectivity index (χ1n) is 8.72. The van der Waals surface area contributed by atoms with Gasteiger partial charge < -0.3 is 10.1 Å². The third kappa shape index (κ3) is 2.70. The quantitative estimate of drug-likeness (QED) is 0.903. The number of aromatic nitrogens is 2. The van der Waals surface area contributed by atoms with Crippen molar-refractivity contribution < 1.29 is 9.53 Å². The summed E-state index contributed by atoms with van der Waals surface area (Å²) in [5, 5.41) is 11.2. The molecule has 2 aliphatic heterocycles. The van der Waals surface area contributed by atoms with E-state index in [9.17, 15) is 4.79 Å². The molecule has 3 atom stereocenters. The smallest absolute Gasteiger partial charge is 0.272 e. The molecular weight excluding hydrogens is 304 g/mol. The number of nitrogens with zero attached hydrogens (tertiary/aromatic N) is 2. The molecule has 2 saturated heterocycles. The standard InChI is InChI=1S/C18H24N4O2/c1-11(2)22-13-7-12(8-14(22)10-24-9-13)19-18(23)17-15-5-3-4-6-16(15)20-21-17/h3-6,11-14H,7-10H2,1-2H3,(H,19,23)(H,20,21)/t12?,13-,14+. The fourth-order valence-corrected chi connectivity index (χ4v) is 4.29. The van der Waals surface area contributed by atoms with E-state index in [1.807, 2.05) is 24.3 Å². The number of fused-ring (bicyclic) bond motifs is 3. The molecule has 2 N–H and O–H groups in total. The monoisotopic (exact) mass is 328 g/mol. The third-order valence-corrected chi connectivity index (χ3v) is 5.19.